The molecule has 15 heteroatoms. The summed E-state index contributed by atoms with van der Waals surface area (Å²) in [4.78, 5) is 12.7. The molecule has 3 aromatic rings. The molecule has 0 spiro atoms. The molecule has 0 aliphatic carbocycles. The maximum Gasteiger partial charge on any atom is 0.229 e. The van der Waals surface area contributed by atoms with Crippen LogP contribution in [0.15, 0.2) is 51.7 Å². The first-order valence-corrected chi connectivity index (χ1v) is 12.9. The number of hydrogen-bond donors (Lipinski definition) is 9. The first-order valence-electron chi connectivity index (χ1n) is 12.9. The first-order chi connectivity index (χ1) is 20.0. The van der Waals surface area contributed by atoms with Crippen molar-refractivity contribution in [3.8, 4) is 28.6 Å². The standard InChI is InChI=1S/C27H30O15/c28-8-17-20(33)21(34)23(36)27(40-17)42-25-18(9-29)41-26(24(37)22(25)35)38-12-5-13(31)19-14(32)7-15(39-16(19)6-12)10-1-3-11(30)4-2-10/h1-7,17-18,20-31,33-37H,8-9H2/t17-,18-,20+,21+,22-,23-,24+,25-,26-,27+/m1/s1. The molecule has 42 heavy (non-hydrogen) atoms. The van der Waals surface area contributed by atoms with Crippen LogP contribution >= 0.6 is 0 Å². The van der Waals surface area contributed by atoms with Crippen molar-refractivity contribution >= 4 is 11.0 Å². The van der Waals surface area contributed by atoms with Crippen molar-refractivity contribution in [3.63, 3.8) is 0 Å². The minimum absolute atomic E-state index is 0.00505. The van der Waals surface area contributed by atoms with E-state index >= 15 is 0 Å². The molecule has 228 valence electrons. The van der Waals surface area contributed by atoms with Gasteiger partial charge in [0.05, 0.1) is 13.2 Å². The highest BCUT2D eigenvalue weighted by Gasteiger charge is 2.51. The molecule has 0 unspecified atom stereocenters. The Hall–Kier alpha value is -3.35. The molecule has 0 amide bonds. The fraction of sp³-hybridized carbons (Fsp3) is 0.444. The van der Waals surface area contributed by atoms with E-state index in [-0.39, 0.29) is 28.2 Å². The Morgan fingerprint density at radius 2 is 1.38 bits per heavy atom. The van der Waals surface area contributed by atoms with Crippen molar-refractivity contribution in [2.75, 3.05) is 13.2 Å². The third-order valence-corrected chi connectivity index (χ3v) is 7.15. The average Bonchev–Trinajstić information content (AvgIpc) is 2.96. The summed E-state index contributed by atoms with van der Waals surface area (Å²) >= 11 is 0. The summed E-state index contributed by atoms with van der Waals surface area (Å²) in [6, 6.07) is 9.31. The Balaban J connectivity index is 1.37. The Morgan fingerprint density at radius 3 is 2.05 bits per heavy atom. The Labute approximate surface area is 236 Å². The van der Waals surface area contributed by atoms with E-state index in [4.69, 9.17) is 23.4 Å². The summed E-state index contributed by atoms with van der Waals surface area (Å²) in [5.41, 5.74) is -0.196. The third-order valence-electron chi connectivity index (χ3n) is 7.15. The van der Waals surface area contributed by atoms with Crippen LogP contribution < -0.4 is 10.2 Å². The fourth-order valence-corrected chi connectivity index (χ4v) is 4.87. The topological polar surface area (TPSA) is 249 Å². The highest BCUT2D eigenvalue weighted by atomic mass is 16.7. The van der Waals surface area contributed by atoms with E-state index in [2.05, 4.69) is 0 Å². The molecule has 0 saturated carbocycles. The zero-order chi connectivity index (χ0) is 30.3. The van der Waals surface area contributed by atoms with Crippen LogP contribution in [0.1, 0.15) is 0 Å². The number of phenolic OH excluding ortho intramolecular Hbond substituents is 2. The molecule has 2 aliphatic heterocycles. The van der Waals surface area contributed by atoms with Gasteiger partial charge in [-0.05, 0) is 24.3 Å². The zero-order valence-corrected chi connectivity index (χ0v) is 21.7. The second-order valence-electron chi connectivity index (χ2n) is 9.96. The SMILES string of the molecule is O=c1cc(-c2ccc(O)cc2)oc2cc(O[C@@H]3O[C@H](CO)[C@@H](O[C@@H]4O[C@H](CO)[C@H](O)[C@H](O)[C@H]4O)[C@H](O)[C@@H]3O)cc(O)c12. The van der Waals surface area contributed by atoms with Gasteiger partial charge in [-0.25, -0.2) is 0 Å². The molecule has 10 atom stereocenters. The van der Waals surface area contributed by atoms with Crippen LogP contribution in [0, 0.1) is 0 Å². The number of fused-ring (bicyclic) bond motifs is 1. The molecule has 1 aromatic heterocycles. The Bertz CT molecular complexity index is 1440. The van der Waals surface area contributed by atoms with Crippen molar-refractivity contribution in [1.29, 1.82) is 0 Å². The smallest absolute Gasteiger partial charge is 0.229 e. The highest BCUT2D eigenvalue weighted by Crippen LogP contribution is 2.34. The minimum atomic E-state index is -1.84. The van der Waals surface area contributed by atoms with Gasteiger partial charge in [-0.1, -0.05) is 0 Å². The lowest BCUT2D eigenvalue weighted by Crippen LogP contribution is -2.65. The molecule has 3 heterocycles. The largest absolute Gasteiger partial charge is 0.508 e. The minimum Gasteiger partial charge on any atom is -0.508 e. The van der Waals surface area contributed by atoms with Crippen LogP contribution in [0.25, 0.3) is 22.3 Å². The number of ether oxygens (including phenoxy) is 4. The zero-order valence-electron chi connectivity index (χ0n) is 21.7. The van der Waals surface area contributed by atoms with Crippen LogP contribution in [-0.4, -0.2) is 121 Å². The molecular formula is C27H30O15. The third kappa shape index (κ3) is 5.67. The van der Waals surface area contributed by atoms with E-state index < -0.39 is 85.8 Å². The van der Waals surface area contributed by atoms with Gasteiger partial charge in [0.2, 0.25) is 6.29 Å². The number of phenols is 2. The van der Waals surface area contributed by atoms with Gasteiger partial charge < -0.3 is 69.3 Å². The maximum absolute atomic E-state index is 12.7. The van der Waals surface area contributed by atoms with Gasteiger partial charge in [0.1, 0.15) is 82.8 Å². The van der Waals surface area contributed by atoms with Gasteiger partial charge in [0.25, 0.3) is 0 Å². The molecule has 0 bridgehead atoms. The summed E-state index contributed by atoms with van der Waals surface area (Å²) in [6.07, 6.45) is -16.5. The monoisotopic (exact) mass is 594 g/mol. The van der Waals surface area contributed by atoms with Gasteiger partial charge in [-0.3, -0.25) is 4.79 Å². The van der Waals surface area contributed by atoms with Crippen molar-refractivity contribution in [2.45, 2.75) is 61.4 Å². The van der Waals surface area contributed by atoms with Crippen LogP contribution in [0.4, 0.5) is 0 Å². The van der Waals surface area contributed by atoms with E-state index in [9.17, 15) is 50.8 Å². The fourth-order valence-electron chi connectivity index (χ4n) is 4.87. The lowest BCUT2D eigenvalue weighted by Gasteiger charge is -2.45. The molecule has 2 fully saturated rings. The molecule has 2 saturated heterocycles. The van der Waals surface area contributed by atoms with Crippen LogP contribution in [0.2, 0.25) is 0 Å². The van der Waals surface area contributed by atoms with Gasteiger partial charge in [0.15, 0.2) is 11.7 Å². The average molecular weight is 595 g/mol. The molecule has 2 aromatic carbocycles. The van der Waals surface area contributed by atoms with Gasteiger partial charge >= 0.3 is 0 Å². The number of rotatable bonds is 7. The predicted octanol–water partition coefficient (Wildman–Crippen LogP) is -2.13. The Kier molecular flexibility index (Phi) is 8.68. The van der Waals surface area contributed by atoms with Crippen molar-refractivity contribution < 1.29 is 69.3 Å². The molecule has 5 rings (SSSR count). The number of aliphatic hydroxyl groups excluding tert-OH is 7. The second kappa shape index (κ2) is 12.1. The highest BCUT2D eigenvalue weighted by molar-refractivity contribution is 5.86. The molecule has 2 aliphatic rings. The predicted molar refractivity (Wildman–Crippen MR) is 138 cm³/mol. The van der Waals surface area contributed by atoms with Crippen molar-refractivity contribution in [3.05, 3.63) is 52.7 Å². The lowest BCUT2D eigenvalue weighted by atomic mass is 9.97. The number of aliphatic hydroxyl groups is 7. The van der Waals surface area contributed by atoms with Gasteiger partial charge in [-0.2, -0.15) is 0 Å². The summed E-state index contributed by atoms with van der Waals surface area (Å²) < 4.78 is 27.8. The normalized spacial score (nSPS) is 33.5. The summed E-state index contributed by atoms with van der Waals surface area (Å²) in [6.45, 7) is -1.51. The van der Waals surface area contributed by atoms with E-state index in [0.717, 1.165) is 6.07 Å². The molecular weight excluding hydrogens is 564 g/mol. The maximum atomic E-state index is 12.7. The quantitative estimate of drug-likeness (QED) is 0.142. The lowest BCUT2D eigenvalue weighted by molar-refractivity contribution is -0.352. The Morgan fingerprint density at radius 1 is 0.738 bits per heavy atom. The second-order valence-corrected chi connectivity index (χ2v) is 9.96. The summed E-state index contributed by atoms with van der Waals surface area (Å²) in [5, 5.41) is 91.0. The van der Waals surface area contributed by atoms with E-state index in [1.54, 1.807) is 0 Å². The van der Waals surface area contributed by atoms with Crippen molar-refractivity contribution in [1.82, 2.24) is 0 Å². The molecule has 0 radical (unpaired) electrons. The number of aromatic hydroxyl groups is 2. The van der Waals surface area contributed by atoms with E-state index in [1.807, 2.05) is 0 Å². The van der Waals surface area contributed by atoms with E-state index in [0.29, 0.717) is 5.56 Å². The number of benzene rings is 2. The number of hydrogen-bond acceptors (Lipinski definition) is 15. The van der Waals surface area contributed by atoms with Gasteiger partial charge in [0, 0.05) is 23.8 Å². The van der Waals surface area contributed by atoms with Crippen LogP contribution in [0.3, 0.4) is 0 Å². The van der Waals surface area contributed by atoms with Crippen LogP contribution in [0.5, 0.6) is 17.2 Å². The molecule has 9 N–H and O–H groups in total. The van der Waals surface area contributed by atoms with Crippen molar-refractivity contribution in [2.24, 2.45) is 0 Å². The van der Waals surface area contributed by atoms with E-state index in [1.165, 1.54) is 36.4 Å². The molecule has 15 nitrogen and oxygen atoms in total. The first kappa shape index (κ1) is 30.1. The van der Waals surface area contributed by atoms with Gasteiger partial charge in [-0.15, -0.1) is 0 Å². The van der Waals surface area contributed by atoms with Crippen LogP contribution in [-0.2, 0) is 14.2 Å². The summed E-state index contributed by atoms with van der Waals surface area (Å²) in [5.74, 6) is -0.526. The summed E-state index contributed by atoms with van der Waals surface area (Å²) in [7, 11) is 0.